The summed E-state index contributed by atoms with van der Waals surface area (Å²) in [5.41, 5.74) is 1.38. The van der Waals surface area contributed by atoms with Gasteiger partial charge in [0.05, 0.1) is 0 Å². The monoisotopic (exact) mass is 319 g/mol. The first kappa shape index (κ1) is 15.9. The van der Waals surface area contributed by atoms with Crippen LogP contribution >= 0.6 is 7.92 Å². The van der Waals surface area contributed by atoms with Crippen LogP contribution in [0.1, 0.15) is 18.5 Å². The van der Waals surface area contributed by atoms with E-state index in [9.17, 15) is 0 Å². The molecule has 0 saturated carbocycles. The first-order valence-corrected chi connectivity index (χ1v) is 9.32. The molecule has 3 aromatic carbocycles. The third-order valence-electron chi connectivity index (χ3n) is 4.11. The summed E-state index contributed by atoms with van der Waals surface area (Å²) in [4.78, 5) is 0. The third-order valence-corrected chi connectivity index (χ3v) is 6.62. The van der Waals surface area contributed by atoms with E-state index in [0.29, 0.717) is 6.04 Å². The summed E-state index contributed by atoms with van der Waals surface area (Å²) < 4.78 is 0. The maximum Gasteiger partial charge on any atom is 0.0295 e. The van der Waals surface area contributed by atoms with Crippen molar-refractivity contribution in [3.05, 3.63) is 90.5 Å². The largest absolute Gasteiger partial charge is 0.313 e. The summed E-state index contributed by atoms with van der Waals surface area (Å²) in [5, 5.41) is 7.61. The summed E-state index contributed by atoms with van der Waals surface area (Å²) >= 11 is 0. The van der Waals surface area contributed by atoms with Gasteiger partial charge in [-0.1, -0.05) is 84.9 Å². The smallest absolute Gasteiger partial charge is 0.0295 e. The summed E-state index contributed by atoms with van der Waals surface area (Å²) in [6.45, 7) is 2.22. The highest BCUT2D eigenvalue weighted by Gasteiger charge is 2.20. The van der Waals surface area contributed by atoms with Crippen LogP contribution in [-0.2, 0) is 0 Å². The quantitative estimate of drug-likeness (QED) is 0.707. The SMILES string of the molecule is CN[C@H](C)c1ccccc1P(c1ccccc1)c1ccccc1. The van der Waals surface area contributed by atoms with E-state index in [1.54, 1.807) is 0 Å². The van der Waals surface area contributed by atoms with Crippen LogP contribution in [0.3, 0.4) is 0 Å². The van der Waals surface area contributed by atoms with Gasteiger partial charge in [-0.25, -0.2) is 0 Å². The highest BCUT2D eigenvalue weighted by molar-refractivity contribution is 7.79. The summed E-state index contributed by atoms with van der Waals surface area (Å²) in [6, 6.07) is 30.9. The number of nitrogens with one attached hydrogen (secondary N) is 1. The lowest BCUT2D eigenvalue weighted by atomic mass is 10.1. The second kappa shape index (κ2) is 7.55. The normalized spacial score (nSPS) is 12.3. The van der Waals surface area contributed by atoms with E-state index in [2.05, 4.69) is 97.2 Å². The van der Waals surface area contributed by atoms with Crippen LogP contribution < -0.4 is 21.2 Å². The Bertz CT molecular complexity index is 701. The Labute approximate surface area is 140 Å². The Morgan fingerprint density at radius 2 is 1.17 bits per heavy atom. The molecule has 3 rings (SSSR count). The van der Waals surface area contributed by atoms with E-state index < -0.39 is 7.92 Å². The van der Waals surface area contributed by atoms with Crippen LogP contribution in [0.4, 0.5) is 0 Å². The zero-order chi connectivity index (χ0) is 16.1. The third kappa shape index (κ3) is 3.52. The molecule has 23 heavy (non-hydrogen) atoms. The van der Waals surface area contributed by atoms with Gasteiger partial charge in [0.2, 0.25) is 0 Å². The fourth-order valence-corrected chi connectivity index (χ4v) is 5.35. The number of rotatable bonds is 5. The van der Waals surface area contributed by atoms with Crippen molar-refractivity contribution in [3.63, 3.8) is 0 Å². The van der Waals surface area contributed by atoms with Crippen molar-refractivity contribution in [2.45, 2.75) is 13.0 Å². The van der Waals surface area contributed by atoms with Gasteiger partial charge in [-0.3, -0.25) is 0 Å². The molecule has 0 radical (unpaired) electrons. The summed E-state index contributed by atoms with van der Waals surface area (Å²) in [7, 11) is 1.48. The van der Waals surface area contributed by atoms with Crippen LogP contribution in [0.25, 0.3) is 0 Å². The fraction of sp³-hybridized carbons (Fsp3) is 0.143. The number of hydrogen-bond acceptors (Lipinski definition) is 1. The second-order valence-corrected chi connectivity index (χ2v) is 7.76. The van der Waals surface area contributed by atoms with Gasteiger partial charge < -0.3 is 5.32 Å². The van der Waals surface area contributed by atoms with E-state index in [1.807, 2.05) is 7.05 Å². The molecule has 0 fully saturated rings. The first-order valence-electron chi connectivity index (χ1n) is 7.97. The molecule has 0 aliphatic rings. The van der Waals surface area contributed by atoms with E-state index in [-0.39, 0.29) is 0 Å². The molecule has 3 aromatic rings. The van der Waals surface area contributed by atoms with Crippen molar-refractivity contribution in [2.75, 3.05) is 7.05 Å². The molecule has 0 saturated heterocycles. The molecule has 0 heterocycles. The highest BCUT2D eigenvalue weighted by Crippen LogP contribution is 2.35. The van der Waals surface area contributed by atoms with Crippen molar-refractivity contribution in [3.8, 4) is 0 Å². The standard InChI is InChI=1S/C21H22NP/c1-17(22-2)20-15-9-10-16-21(20)23(18-11-5-3-6-12-18)19-13-7-4-8-14-19/h3-17,22H,1-2H3/t17-/m1/s1. The average Bonchev–Trinajstić information content (AvgIpc) is 2.63. The fourth-order valence-electron chi connectivity index (χ4n) is 2.79. The molecular weight excluding hydrogens is 297 g/mol. The van der Waals surface area contributed by atoms with Gasteiger partial charge in [0.1, 0.15) is 0 Å². The lowest BCUT2D eigenvalue weighted by Crippen LogP contribution is -2.26. The molecule has 0 unspecified atom stereocenters. The van der Waals surface area contributed by atoms with Crippen LogP contribution in [0.2, 0.25) is 0 Å². The molecule has 0 aliphatic heterocycles. The van der Waals surface area contributed by atoms with Crippen molar-refractivity contribution in [1.82, 2.24) is 5.32 Å². The molecule has 2 heteroatoms. The van der Waals surface area contributed by atoms with Gasteiger partial charge in [-0.15, -0.1) is 0 Å². The summed E-state index contributed by atoms with van der Waals surface area (Å²) in [5.74, 6) is 0. The summed E-state index contributed by atoms with van der Waals surface area (Å²) in [6.07, 6.45) is 0. The van der Waals surface area contributed by atoms with Crippen molar-refractivity contribution in [1.29, 1.82) is 0 Å². The number of benzene rings is 3. The first-order chi connectivity index (χ1) is 11.3. The Morgan fingerprint density at radius 3 is 1.70 bits per heavy atom. The van der Waals surface area contributed by atoms with E-state index in [4.69, 9.17) is 0 Å². The minimum absolute atomic E-state index is 0.337. The van der Waals surface area contributed by atoms with Gasteiger partial charge in [-0.2, -0.15) is 0 Å². The lowest BCUT2D eigenvalue weighted by Gasteiger charge is -2.24. The van der Waals surface area contributed by atoms with Crippen LogP contribution in [0.5, 0.6) is 0 Å². The Balaban J connectivity index is 2.18. The van der Waals surface area contributed by atoms with E-state index >= 15 is 0 Å². The molecule has 1 N–H and O–H groups in total. The molecular formula is C21H22NP. The molecule has 0 aromatic heterocycles. The van der Waals surface area contributed by atoms with E-state index in [0.717, 1.165) is 0 Å². The molecule has 0 aliphatic carbocycles. The predicted octanol–water partition coefficient (Wildman–Crippen LogP) is 3.73. The topological polar surface area (TPSA) is 12.0 Å². The molecule has 0 bridgehead atoms. The molecule has 0 spiro atoms. The van der Waals surface area contributed by atoms with Gasteiger partial charge >= 0.3 is 0 Å². The van der Waals surface area contributed by atoms with Gasteiger partial charge in [0, 0.05) is 6.04 Å². The minimum atomic E-state index is -0.545. The van der Waals surface area contributed by atoms with Crippen LogP contribution in [0, 0.1) is 0 Å². The van der Waals surface area contributed by atoms with Crippen LogP contribution in [0.15, 0.2) is 84.9 Å². The van der Waals surface area contributed by atoms with Crippen molar-refractivity contribution in [2.24, 2.45) is 0 Å². The molecule has 116 valence electrons. The van der Waals surface area contributed by atoms with Gasteiger partial charge in [0.25, 0.3) is 0 Å². The predicted molar refractivity (Wildman–Crippen MR) is 103 cm³/mol. The maximum absolute atomic E-state index is 3.39. The second-order valence-electron chi connectivity index (χ2n) is 5.58. The molecule has 1 atom stereocenters. The lowest BCUT2D eigenvalue weighted by molar-refractivity contribution is 0.656. The van der Waals surface area contributed by atoms with Crippen molar-refractivity contribution < 1.29 is 0 Å². The zero-order valence-corrected chi connectivity index (χ0v) is 14.5. The van der Waals surface area contributed by atoms with E-state index in [1.165, 1.54) is 21.5 Å². The minimum Gasteiger partial charge on any atom is -0.313 e. The van der Waals surface area contributed by atoms with Crippen molar-refractivity contribution >= 4 is 23.8 Å². The Hall–Kier alpha value is -1.95. The van der Waals surface area contributed by atoms with Crippen LogP contribution in [-0.4, -0.2) is 7.05 Å². The van der Waals surface area contributed by atoms with Gasteiger partial charge in [0.15, 0.2) is 0 Å². The molecule has 1 nitrogen and oxygen atoms in total. The average molecular weight is 319 g/mol. The highest BCUT2D eigenvalue weighted by atomic mass is 31.1. The maximum atomic E-state index is 3.39. The zero-order valence-electron chi connectivity index (χ0n) is 13.6. The molecule has 0 amide bonds. The van der Waals surface area contributed by atoms with Gasteiger partial charge in [-0.05, 0) is 43.4 Å². The number of hydrogen-bond donors (Lipinski definition) is 1. The Morgan fingerprint density at radius 1 is 0.696 bits per heavy atom. The Kier molecular flexibility index (Phi) is 5.23.